The van der Waals surface area contributed by atoms with Gasteiger partial charge >= 0.3 is 0 Å². The van der Waals surface area contributed by atoms with Crippen molar-refractivity contribution < 1.29 is 13.2 Å². The first kappa shape index (κ1) is 16.8. The SMILES string of the molecule is CCCC(C)NC(=O)c1ccc2c(c1)CC(C)N2S(C)(=O)=O. The molecule has 1 aromatic rings. The molecule has 122 valence electrons. The Morgan fingerprint density at radius 1 is 1.45 bits per heavy atom. The van der Waals surface area contributed by atoms with E-state index in [1.807, 2.05) is 19.9 Å². The van der Waals surface area contributed by atoms with Crippen LogP contribution in [0.1, 0.15) is 49.5 Å². The Hall–Kier alpha value is -1.56. The van der Waals surface area contributed by atoms with Crippen LogP contribution in [0, 0.1) is 0 Å². The average Bonchev–Trinajstić information content (AvgIpc) is 2.73. The molecule has 1 aliphatic heterocycles. The van der Waals surface area contributed by atoms with Crippen LogP contribution in [0.25, 0.3) is 0 Å². The van der Waals surface area contributed by atoms with Crippen LogP contribution >= 0.6 is 0 Å². The standard InChI is InChI=1S/C16H24N2O3S/c1-5-6-11(2)17-16(19)13-7-8-15-14(10-13)9-12(3)18(15)22(4,20)21/h7-8,10-12H,5-6,9H2,1-4H3,(H,17,19). The van der Waals surface area contributed by atoms with Crippen molar-refractivity contribution in [2.24, 2.45) is 0 Å². The summed E-state index contributed by atoms with van der Waals surface area (Å²) in [7, 11) is -3.29. The van der Waals surface area contributed by atoms with E-state index in [2.05, 4.69) is 12.2 Å². The predicted octanol–water partition coefficient (Wildman–Crippen LogP) is 2.32. The van der Waals surface area contributed by atoms with Crippen molar-refractivity contribution in [2.45, 2.75) is 52.1 Å². The molecule has 1 aromatic carbocycles. The van der Waals surface area contributed by atoms with Gasteiger partial charge in [-0.2, -0.15) is 0 Å². The number of anilines is 1. The number of nitrogens with one attached hydrogen (secondary N) is 1. The van der Waals surface area contributed by atoms with Gasteiger partial charge in [-0.25, -0.2) is 8.42 Å². The van der Waals surface area contributed by atoms with E-state index in [0.29, 0.717) is 17.7 Å². The maximum atomic E-state index is 12.2. The first-order valence-corrected chi connectivity index (χ1v) is 9.52. The molecule has 2 rings (SSSR count). The van der Waals surface area contributed by atoms with Gasteiger partial charge in [-0.1, -0.05) is 13.3 Å². The molecule has 6 heteroatoms. The van der Waals surface area contributed by atoms with Crippen molar-refractivity contribution in [3.8, 4) is 0 Å². The Bertz CT molecular complexity index is 670. The number of fused-ring (bicyclic) bond motifs is 1. The van der Waals surface area contributed by atoms with Crippen molar-refractivity contribution in [3.63, 3.8) is 0 Å². The van der Waals surface area contributed by atoms with Gasteiger partial charge in [0.1, 0.15) is 0 Å². The van der Waals surface area contributed by atoms with Crippen LogP contribution in [0.5, 0.6) is 0 Å². The van der Waals surface area contributed by atoms with Crippen LogP contribution in [0.15, 0.2) is 18.2 Å². The van der Waals surface area contributed by atoms with Crippen molar-refractivity contribution in [3.05, 3.63) is 29.3 Å². The Morgan fingerprint density at radius 3 is 2.73 bits per heavy atom. The quantitative estimate of drug-likeness (QED) is 0.904. The Kier molecular flexibility index (Phi) is 4.80. The van der Waals surface area contributed by atoms with Gasteiger partial charge in [-0.3, -0.25) is 9.10 Å². The summed E-state index contributed by atoms with van der Waals surface area (Å²) >= 11 is 0. The van der Waals surface area contributed by atoms with Crippen molar-refractivity contribution in [2.75, 3.05) is 10.6 Å². The van der Waals surface area contributed by atoms with E-state index in [9.17, 15) is 13.2 Å². The lowest BCUT2D eigenvalue weighted by molar-refractivity contribution is 0.0938. The Morgan fingerprint density at radius 2 is 2.14 bits per heavy atom. The molecule has 2 unspecified atom stereocenters. The van der Waals surface area contributed by atoms with Gasteiger partial charge in [0.2, 0.25) is 10.0 Å². The topological polar surface area (TPSA) is 66.5 Å². The number of hydrogen-bond acceptors (Lipinski definition) is 3. The summed E-state index contributed by atoms with van der Waals surface area (Å²) in [6, 6.07) is 5.27. The summed E-state index contributed by atoms with van der Waals surface area (Å²) in [5, 5.41) is 2.97. The molecular formula is C16H24N2O3S. The van der Waals surface area contributed by atoms with Crippen LogP contribution < -0.4 is 9.62 Å². The van der Waals surface area contributed by atoms with E-state index in [4.69, 9.17) is 0 Å². The molecule has 1 aliphatic rings. The van der Waals surface area contributed by atoms with Crippen LogP contribution in [0.3, 0.4) is 0 Å². The summed E-state index contributed by atoms with van der Waals surface area (Å²) in [6.45, 7) is 5.95. The third-order valence-electron chi connectivity index (χ3n) is 3.95. The van der Waals surface area contributed by atoms with E-state index >= 15 is 0 Å². The zero-order valence-electron chi connectivity index (χ0n) is 13.6. The second-order valence-corrected chi connectivity index (χ2v) is 7.98. The van der Waals surface area contributed by atoms with Crippen molar-refractivity contribution >= 4 is 21.6 Å². The van der Waals surface area contributed by atoms with Gasteiger partial charge in [0.25, 0.3) is 5.91 Å². The highest BCUT2D eigenvalue weighted by Gasteiger charge is 2.32. The number of nitrogens with zero attached hydrogens (tertiary/aromatic N) is 1. The largest absolute Gasteiger partial charge is 0.350 e. The fourth-order valence-electron chi connectivity index (χ4n) is 3.06. The zero-order valence-corrected chi connectivity index (χ0v) is 14.4. The number of amides is 1. The smallest absolute Gasteiger partial charge is 0.251 e. The molecule has 0 radical (unpaired) electrons. The first-order valence-electron chi connectivity index (χ1n) is 7.67. The molecule has 2 atom stereocenters. The van der Waals surface area contributed by atoms with Gasteiger partial charge < -0.3 is 5.32 Å². The van der Waals surface area contributed by atoms with Gasteiger partial charge in [0.15, 0.2) is 0 Å². The van der Waals surface area contributed by atoms with E-state index < -0.39 is 10.0 Å². The summed E-state index contributed by atoms with van der Waals surface area (Å²) < 4.78 is 25.2. The lowest BCUT2D eigenvalue weighted by atomic mass is 10.1. The summed E-state index contributed by atoms with van der Waals surface area (Å²) in [4.78, 5) is 12.2. The van der Waals surface area contributed by atoms with E-state index in [1.54, 1.807) is 12.1 Å². The molecule has 0 bridgehead atoms. The van der Waals surface area contributed by atoms with Gasteiger partial charge in [-0.15, -0.1) is 0 Å². The first-order chi connectivity index (χ1) is 10.2. The molecule has 1 amide bonds. The average molecular weight is 324 g/mol. The highest BCUT2D eigenvalue weighted by Crippen LogP contribution is 2.34. The highest BCUT2D eigenvalue weighted by molar-refractivity contribution is 7.92. The minimum Gasteiger partial charge on any atom is -0.350 e. The van der Waals surface area contributed by atoms with Crippen LogP contribution in [-0.4, -0.2) is 32.7 Å². The fraction of sp³-hybridized carbons (Fsp3) is 0.562. The maximum Gasteiger partial charge on any atom is 0.251 e. The summed E-state index contributed by atoms with van der Waals surface area (Å²) in [5.74, 6) is -0.103. The zero-order chi connectivity index (χ0) is 16.5. The van der Waals surface area contributed by atoms with Gasteiger partial charge in [-0.05, 0) is 50.5 Å². The Balaban J connectivity index is 2.24. The normalized spacial score (nSPS) is 18.9. The number of sulfonamides is 1. The number of hydrogen-bond donors (Lipinski definition) is 1. The maximum absolute atomic E-state index is 12.2. The van der Waals surface area contributed by atoms with Gasteiger partial charge in [0.05, 0.1) is 11.9 Å². The monoisotopic (exact) mass is 324 g/mol. The highest BCUT2D eigenvalue weighted by atomic mass is 32.2. The molecule has 0 saturated carbocycles. The van der Waals surface area contributed by atoms with Crippen LogP contribution in [0.2, 0.25) is 0 Å². The molecule has 1 N–H and O–H groups in total. The minimum absolute atomic E-state index is 0.103. The molecule has 0 fully saturated rings. The van der Waals surface area contributed by atoms with E-state index in [0.717, 1.165) is 18.4 Å². The number of benzene rings is 1. The molecule has 0 aliphatic carbocycles. The lowest BCUT2D eigenvalue weighted by Gasteiger charge is -2.22. The second-order valence-electron chi connectivity index (χ2n) is 6.12. The molecule has 22 heavy (non-hydrogen) atoms. The molecule has 1 heterocycles. The van der Waals surface area contributed by atoms with Gasteiger partial charge in [0, 0.05) is 17.6 Å². The van der Waals surface area contributed by atoms with E-state index in [-0.39, 0.29) is 18.0 Å². The second kappa shape index (κ2) is 6.28. The van der Waals surface area contributed by atoms with Crippen LogP contribution in [-0.2, 0) is 16.4 Å². The Labute approximate surface area is 132 Å². The third-order valence-corrected chi connectivity index (χ3v) is 5.22. The van der Waals surface area contributed by atoms with Crippen molar-refractivity contribution in [1.82, 2.24) is 5.32 Å². The van der Waals surface area contributed by atoms with Crippen LogP contribution in [0.4, 0.5) is 5.69 Å². The molecular weight excluding hydrogens is 300 g/mol. The predicted molar refractivity (Wildman–Crippen MR) is 88.8 cm³/mol. The number of carbonyl (C=O) groups excluding carboxylic acids is 1. The molecule has 0 spiro atoms. The fourth-order valence-corrected chi connectivity index (χ4v) is 4.33. The number of rotatable bonds is 5. The molecule has 5 nitrogen and oxygen atoms in total. The van der Waals surface area contributed by atoms with E-state index in [1.165, 1.54) is 10.6 Å². The minimum atomic E-state index is -3.29. The summed E-state index contributed by atoms with van der Waals surface area (Å²) in [5.41, 5.74) is 2.19. The summed E-state index contributed by atoms with van der Waals surface area (Å²) in [6.07, 6.45) is 3.81. The molecule has 0 aromatic heterocycles. The number of carbonyl (C=O) groups is 1. The third kappa shape index (κ3) is 3.43. The molecule has 0 saturated heterocycles. The lowest BCUT2D eigenvalue weighted by Crippen LogP contribution is -2.34. The van der Waals surface area contributed by atoms with Crippen molar-refractivity contribution in [1.29, 1.82) is 0 Å².